The predicted octanol–water partition coefficient (Wildman–Crippen LogP) is 7.14. The zero-order valence-corrected chi connectivity index (χ0v) is 19.8. The van der Waals surface area contributed by atoms with E-state index in [4.69, 9.17) is 55.6 Å². The number of halogens is 4. The zero-order chi connectivity index (χ0) is 23.0. The normalized spacial score (nSPS) is 11.1. The number of aromatic nitrogens is 2. The molecule has 0 saturated carbocycles. The van der Waals surface area contributed by atoms with Gasteiger partial charge in [0.25, 0.3) is 5.91 Å². The number of ether oxygens (including phenoxy) is 1. The van der Waals surface area contributed by atoms with Crippen LogP contribution in [0.5, 0.6) is 5.75 Å². The molecule has 0 aliphatic carbocycles. The summed E-state index contributed by atoms with van der Waals surface area (Å²) < 4.78 is 11.3. The van der Waals surface area contributed by atoms with E-state index in [2.05, 4.69) is 15.3 Å². The van der Waals surface area contributed by atoms with E-state index in [0.717, 1.165) is 0 Å². The van der Waals surface area contributed by atoms with Crippen LogP contribution < -0.4 is 10.1 Å². The number of nitrogens with one attached hydrogen (secondary N) is 1. The molecule has 0 spiro atoms. The third kappa shape index (κ3) is 4.36. The Balaban J connectivity index is 1.52. The lowest BCUT2D eigenvalue weighted by molar-refractivity contribution is -0.118. The number of carbonyl (C=O) groups is 1. The van der Waals surface area contributed by atoms with Crippen molar-refractivity contribution in [1.82, 2.24) is 9.97 Å². The molecule has 164 valence electrons. The summed E-state index contributed by atoms with van der Waals surface area (Å²) in [4.78, 5) is 21.0. The van der Waals surface area contributed by atoms with Crippen LogP contribution in [0, 0.1) is 13.8 Å². The third-order valence-electron chi connectivity index (χ3n) is 4.72. The van der Waals surface area contributed by atoms with Crippen molar-refractivity contribution < 1.29 is 13.9 Å². The Kier molecular flexibility index (Phi) is 6.49. The molecule has 0 aliphatic heterocycles. The molecule has 0 aliphatic rings. The van der Waals surface area contributed by atoms with Crippen LogP contribution in [0.4, 0.5) is 5.69 Å². The second kappa shape index (κ2) is 9.16. The molecule has 6 nitrogen and oxygen atoms in total. The Bertz CT molecular complexity index is 1290. The Labute approximate surface area is 203 Å². The lowest BCUT2D eigenvalue weighted by atomic mass is 10.1. The standard InChI is InChI=1S/C22H15Cl4N3O3/c1-10-17(24)11(2)19(26)20(18(10)25)31-9-16(30)28-14-8-12(5-6-13(14)23)22-29-21-15(32-22)4-3-7-27-21/h3-8H,9H2,1-2H3,(H,28,30). The molecule has 4 aromatic rings. The summed E-state index contributed by atoms with van der Waals surface area (Å²) in [6, 6.07) is 8.55. The molecule has 0 unspecified atom stereocenters. The Morgan fingerprint density at radius 2 is 1.78 bits per heavy atom. The average Bonchev–Trinajstić information content (AvgIpc) is 3.22. The molecule has 10 heteroatoms. The highest BCUT2D eigenvalue weighted by Crippen LogP contribution is 2.42. The van der Waals surface area contributed by atoms with Gasteiger partial charge in [0.1, 0.15) is 0 Å². The Hall–Kier alpha value is -2.51. The second-order valence-corrected chi connectivity index (χ2v) is 8.44. The SMILES string of the molecule is Cc1c(Cl)c(C)c(Cl)c(OCC(=O)Nc2cc(-c3nc4ncccc4o3)ccc2Cl)c1Cl. The first-order valence-electron chi connectivity index (χ1n) is 9.34. The molecule has 1 amide bonds. The van der Waals surface area contributed by atoms with Crippen LogP contribution in [-0.4, -0.2) is 22.5 Å². The van der Waals surface area contributed by atoms with Gasteiger partial charge in [-0.25, -0.2) is 4.98 Å². The van der Waals surface area contributed by atoms with Crippen LogP contribution in [0.25, 0.3) is 22.7 Å². The van der Waals surface area contributed by atoms with E-state index in [1.165, 1.54) is 0 Å². The van der Waals surface area contributed by atoms with E-state index in [0.29, 0.717) is 49.5 Å². The van der Waals surface area contributed by atoms with Crippen molar-refractivity contribution in [2.24, 2.45) is 0 Å². The molecule has 2 aromatic carbocycles. The van der Waals surface area contributed by atoms with Gasteiger partial charge in [-0.05, 0) is 55.3 Å². The number of pyridine rings is 1. The van der Waals surface area contributed by atoms with Gasteiger partial charge < -0.3 is 14.5 Å². The van der Waals surface area contributed by atoms with E-state index in [1.54, 1.807) is 50.4 Å². The van der Waals surface area contributed by atoms with Crippen molar-refractivity contribution in [2.45, 2.75) is 13.8 Å². The molecule has 1 N–H and O–H groups in total. The summed E-state index contributed by atoms with van der Waals surface area (Å²) in [5, 5.41) is 4.01. The summed E-state index contributed by atoms with van der Waals surface area (Å²) >= 11 is 25.1. The van der Waals surface area contributed by atoms with E-state index in [9.17, 15) is 4.79 Å². The van der Waals surface area contributed by atoms with E-state index < -0.39 is 5.91 Å². The largest absolute Gasteiger partial charge is 0.481 e. The molecule has 0 atom stereocenters. The first-order valence-corrected chi connectivity index (χ1v) is 10.8. The van der Waals surface area contributed by atoms with Crippen LogP contribution in [0.3, 0.4) is 0 Å². The van der Waals surface area contributed by atoms with Gasteiger partial charge in [-0.1, -0.05) is 46.4 Å². The van der Waals surface area contributed by atoms with Gasteiger partial charge >= 0.3 is 0 Å². The maximum absolute atomic E-state index is 12.5. The minimum atomic E-state index is -0.458. The lowest BCUT2D eigenvalue weighted by Crippen LogP contribution is -2.20. The van der Waals surface area contributed by atoms with Crippen LogP contribution in [0.15, 0.2) is 40.9 Å². The van der Waals surface area contributed by atoms with Crippen molar-refractivity contribution in [2.75, 3.05) is 11.9 Å². The van der Waals surface area contributed by atoms with Gasteiger partial charge in [0.15, 0.2) is 23.6 Å². The summed E-state index contributed by atoms with van der Waals surface area (Å²) in [5.74, 6) is 0.0928. The fraction of sp³-hybridized carbons (Fsp3) is 0.136. The maximum Gasteiger partial charge on any atom is 0.262 e. The summed E-state index contributed by atoms with van der Waals surface area (Å²) in [5.41, 5.74) is 3.27. The number of nitrogens with zero attached hydrogens (tertiary/aromatic N) is 2. The van der Waals surface area contributed by atoms with Gasteiger partial charge in [-0.15, -0.1) is 0 Å². The lowest BCUT2D eigenvalue weighted by Gasteiger charge is -2.15. The molecular weight excluding hydrogens is 496 g/mol. The number of oxazole rings is 1. The summed E-state index contributed by atoms with van der Waals surface area (Å²) in [6.07, 6.45) is 1.63. The topological polar surface area (TPSA) is 77.2 Å². The zero-order valence-electron chi connectivity index (χ0n) is 16.8. The number of fused-ring (bicyclic) bond motifs is 1. The van der Waals surface area contributed by atoms with Crippen LogP contribution in [0.2, 0.25) is 20.1 Å². The van der Waals surface area contributed by atoms with Crippen LogP contribution >= 0.6 is 46.4 Å². The van der Waals surface area contributed by atoms with E-state index in [-0.39, 0.29) is 22.4 Å². The number of rotatable bonds is 5. The highest BCUT2D eigenvalue weighted by Gasteiger charge is 2.19. The predicted molar refractivity (Wildman–Crippen MR) is 127 cm³/mol. The molecule has 0 fully saturated rings. The second-order valence-electron chi connectivity index (χ2n) is 6.90. The van der Waals surface area contributed by atoms with Gasteiger partial charge in [-0.3, -0.25) is 4.79 Å². The van der Waals surface area contributed by atoms with Gasteiger partial charge in [-0.2, -0.15) is 4.98 Å². The quantitative estimate of drug-likeness (QED) is 0.308. The number of hydrogen-bond acceptors (Lipinski definition) is 5. The number of benzene rings is 2. The first kappa shape index (κ1) is 22.7. The summed E-state index contributed by atoms with van der Waals surface area (Å²) in [7, 11) is 0. The molecule has 2 heterocycles. The van der Waals surface area contributed by atoms with Crippen molar-refractivity contribution in [3.63, 3.8) is 0 Å². The van der Waals surface area contributed by atoms with Crippen LogP contribution in [0.1, 0.15) is 11.1 Å². The van der Waals surface area contributed by atoms with E-state index >= 15 is 0 Å². The van der Waals surface area contributed by atoms with Crippen molar-refractivity contribution in [1.29, 1.82) is 0 Å². The van der Waals surface area contributed by atoms with Gasteiger partial charge in [0.05, 0.1) is 20.8 Å². The fourth-order valence-electron chi connectivity index (χ4n) is 3.01. The molecule has 0 saturated heterocycles. The van der Waals surface area contributed by atoms with Gasteiger partial charge in [0.2, 0.25) is 5.89 Å². The van der Waals surface area contributed by atoms with E-state index in [1.807, 2.05) is 0 Å². The van der Waals surface area contributed by atoms with Crippen molar-refractivity contribution in [3.8, 4) is 17.2 Å². The number of carbonyl (C=O) groups excluding carboxylic acids is 1. The maximum atomic E-state index is 12.5. The minimum absolute atomic E-state index is 0.196. The number of hydrogen-bond donors (Lipinski definition) is 1. The molecule has 2 aromatic heterocycles. The molecule has 32 heavy (non-hydrogen) atoms. The number of anilines is 1. The summed E-state index contributed by atoms with van der Waals surface area (Å²) in [6.45, 7) is 3.15. The Morgan fingerprint density at radius 1 is 1.06 bits per heavy atom. The molecular formula is C22H15Cl4N3O3. The fourth-order valence-corrected chi connectivity index (χ4v) is 3.99. The van der Waals surface area contributed by atoms with Crippen molar-refractivity contribution >= 4 is 69.2 Å². The highest BCUT2D eigenvalue weighted by atomic mass is 35.5. The molecule has 0 bridgehead atoms. The first-order chi connectivity index (χ1) is 15.3. The minimum Gasteiger partial charge on any atom is -0.481 e. The van der Waals surface area contributed by atoms with Crippen molar-refractivity contribution in [3.05, 3.63) is 67.7 Å². The average molecular weight is 511 g/mol. The third-order valence-corrected chi connectivity index (χ3v) is 6.52. The smallest absolute Gasteiger partial charge is 0.262 e. The highest BCUT2D eigenvalue weighted by molar-refractivity contribution is 6.42. The number of amides is 1. The molecule has 0 radical (unpaired) electrons. The Morgan fingerprint density at radius 3 is 2.47 bits per heavy atom. The van der Waals surface area contributed by atoms with Gasteiger partial charge in [0, 0.05) is 16.8 Å². The van der Waals surface area contributed by atoms with Crippen LogP contribution in [-0.2, 0) is 4.79 Å². The molecule has 4 rings (SSSR count). The monoisotopic (exact) mass is 509 g/mol.